The lowest BCUT2D eigenvalue weighted by atomic mass is 9.82. The van der Waals surface area contributed by atoms with Crippen molar-refractivity contribution in [3.05, 3.63) is 58.9 Å². The van der Waals surface area contributed by atoms with Gasteiger partial charge in [-0.05, 0) is 35.6 Å². The number of fused-ring (bicyclic) bond motifs is 1. The number of hydrogen-bond acceptors (Lipinski definition) is 7. The van der Waals surface area contributed by atoms with E-state index in [1.807, 2.05) is 19.1 Å². The minimum Gasteiger partial charge on any atom is -0.353 e. The van der Waals surface area contributed by atoms with Crippen molar-refractivity contribution >= 4 is 29.0 Å². The molecule has 9 heteroatoms. The number of aromatic nitrogens is 3. The van der Waals surface area contributed by atoms with Crippen LogP contribution >= 0.6 is 11.3 Å². The monoisotopic (exact) mass is 419 g/mol. The van der Waals surface area contributed by atoms with E-state index in [9.17, 15) is 4.79 Å². The number of anilines is 1. The van der Waals surface area contributed by atoms with Crippen molar-refractivity contribution in [2.24, 2.45) is 5.92 Å². The molecule has 2 aliphatic rings. The lowest BCUT2D eigenvalue weighted by molar-refractivity contribution is -0.133. The molecule has 30 heavy (non-hydrogen) atoms. The summed E-state index contributed by atoms with van der Waals surface area (Å²) in [5.41, 5.74) is 2.33. The number of nitrogens with one attached hydrogen (secondary N) is 2. The number of amides is 1. The topological polar surface area (TPSA) is 98.1 Å². The van der Waals surface area contributed by atoms with Gasteiger partial charge in [-0.15, -0.1) is 11.3 Å². The highest BCUT2D eigenvalue weighted by Gasteiger charge is 2.57. The van der Waals surface area contributed by atoms with Crippen molar-refractivity contribution in [3.63, 3.8) is 0 Å². The number of guanidine groups is 1. The van der Waals surface area contributed by atoms with Crippen molar-refractivity contribution in [1.29, 1.82) is 5.41 Å². The Morgan fingerprint density at radius 2 is 2.10 bits per heavy atom. The summed E-state index contributed by atoms with van der Waals surface area (Å²) in [4.78, 5) is 30.6. The normalized spacial score (nSPS) is 23.5. The van der Waals surface area contributed by atoms with Gasteiger partial charge in [0.2, 0.25) is 5.91 Å². The first-order valence-corrected chi connectivity index (χ1v) is 10.5. The molecule has 0 aromatic carbocycles. The fourth-order valence-electron chi connectivity index (χ4n) is 4.36. The maximum Gasteiger partial charge on any atom is 0.236 e. The first-order valence-electron chi connectivity index (χ1n) is 9.65. The summed E-state index contributed by atoms with van der Waals surface area (Å²) in [6, 6.07) is 6.03. The van der Waals surface area contributed by atoms with Gasteiger partial charge in [-0.3, -0.25) is 15.1 Å². The summed E-state index contributed by atoms with van der Waals surface area (Å²) in [6.45, 7) is 3.13. The van der Waals surface area contributed by atoms with Crippen molar-refractivity contribution in [3.8, 4) is 11.1 Å². The van der Waals surface area contributed by atoms with Crippen LogP contribution in [0.2, 0.25) is 0 Å². The second kappa shape index (κ2) is 6.88. The van der Waals surface area contributed by atoms with Crippen molar-refractivity contribution in [1.82, 2.24) is 25.2 Å². The van der Waals surface area contributed by atoms with Gasteiger partial charge < -0.3 is 10.2 Å². The molecule has 2 N–H and O–H groups in total. The summed E-state index contributed by atoms with van der Waals surface area (Å²) in [6.07, 6.45) is 6.84. The molecule has 2 aliphatic heterocycles. The second-order valence-corrected chi connectivity index (χ2v) is 8.66. The molecule has 1 amide bonds. The Labute approximate surface area is 178 Å². The highest BCUT2D eigenvalue weighted by Crippen LogP contribution is 2.45. The number of thiophene rings is 1. The molecule has 2 fully saturated rings. The Kier molecular flexibility index (Phi) is 4.28. The van der Waals surface area contributed by atoms with E-state index in [-0.39, 0.29) is 17.8 Å². The standard InChI is InChI=1S/C21H21N7OS/c1-13-4-3-5-25-18(13)28-9-16-19(29)27(2)20(22)26-21(16,11-28)17-6-14(10-30-17)15-7-23-12-24-8-15/h3-8,10,12,16H,9,11H2,1-2H3,(H2,22,26)/t16?,21-/m0/s1. The maximum absolute atomic E-state index is 13.2. The van der Waals surface area contributed by atoms with Crippen LogP contribution in [0.15, 0.2) is 48.5 Å². The minimum atomic E-state index is -0.677. The first-order chi connectivity index (χ1) is 14.5. The zero-order valence-electron chi connectivity index (χ0n) is 16.7. The van der Waals surface area contributed by atoms with Gasteiger partial charge in [0.05, 0.1) is 5.92 Å². The molecule has 0 bridgehead atoms. The van der Waals surface area contributed by atoms with Crippen molar-refractivity contribution in [2.45, 2.75) is 12.5 Å². The van der Waals surface area contributed by atoms with E-state index in [2.05, 4.69) is 36.6 Å². The molecule has 3 aromatic rings. The molecule has 8 nitrogen and oxygen atoms in total. The van der Waals surface area contributed by atoms with E-state index in [1.54, 1.807) is 37.0 Å². The molecule has 0 saturated carbocycles. The molecule has 152 valence electrons. The Balaban J connectivity index is 1.59. The van der Waals surface area contributed by atoms with E-state index in [4.69, 9.17) is 5.41 Å². The fraction of sp³-hybridized carbons (Fsp3) is 0.286. The fourth-order valence-corrected chi connectivity index (χ4v) is 5.48. The lowest BCUT2D eigenvalue weighted by Crippen LogP contribution is -2.64. The number of rotatable bonds is 3. The van der Waals surface area contributed by atoms with Crippen molar-refractivity contribution < 1.29 is 4.79 Å². The van der Waals surface area contributed by atoms with E-state index < -0.39 is 5.54 Å². The third-order valence-corrected chi connectivity index (χ3v) is 7.07. The predicted octanol–water partition coefficient (Wildman–Crippen LogP) is 2.24. The molecule has 0 spiro atoms. The van der Waals surface area contributed by atoms with Crippen LogP contribution in [-0.2, 0) is 10.3 Å². The molecular formula is C21H21N7OS. The van der Waals surface area contributed by atoms with Crippen LogP contribution in [-0.4, -0.2) is 51.9 Å². The third kappa shape index (κ3) is 2.77. The van der Waals surface area contributed by atoms with Crippen LogP contribution in [0.3, 0.4) is 0 Å². The van der Waals surface area contributed by atoms with Gasteiger partial charge in [-0.1, -0.05) is 6.07 Å². The maximum atomic E-state index is 13.2. The Hall–Kier alpha value is -3.33. The molecule has 2 atom stereocenters. The number of pyridine rings is 1. The summed E-state index contributed by atoms with van der Waals surface area (Å²) >= 11 is 1.59. The summed E-state index contributed by atoms with van der Waals surface area (Å²) in [5.74, 6) is 0.626. The van der Waals surface area contributed by atoms with Gasteiger partial charge in [0.25, 0.3) is 0 Å². The average molecular weight is 420 g/mol. The number of aryl methyl sites for hydroxylation is 1. The summed E-state index contributed by atoms with van der Waals surface area (Å²) in [5, 5.41) is 13.8. The summed E-state index contributed by atoms with van der Waals surface area (Å²) in [7, 11) is 1.65. The van der Waals surface area contributed by atoms with E-state index in [0.29, 0.717) is 13.1 Å². The van der Waals surface area contributed by atoms with Crippen LogP contribution in [0.25, 0.3) is 11.1 Å². The SMILES string of the molecule is Cc1cccnc1N1CC2C(=O)N(C)C(=N)N[C@@]2(c2cc(-c3cncnc3)cs2)C1. The predicted molar refractivity (Wildman–Crippen MR) is 115 cm³/mol. The zero-order valence-corrected chi connectivity index (χ0v) is 17.5. The molecule has 1 unspecified atom stereocenters. The van der Waals surface area contributed by atoms with E-state index >= 15 is 0 Å². The molecule has 0 aliphatic carbocycles. The Morgan fingerprint density at radius 3 is 2.87 bits per heavy atom. The number of hydrogen-bond donors (Lipinski definition) is 2. The molecule has 5 heterocycles. The first kappa shape index (κ1) is 18.7. The third-order valence-electron chi connectivity index (χ3n) is 5.96. The average Bonchev–Trinajstić information content (AvgIpc) is 3.39. The number of carbonyl (C=O) groups excluding carboxylic acids is 1. The van der Waals surface area contributed by atoms with Gasteiger partial charge in [-0.25, -0.2) is 15.0 Å². The molecule has 5 rings (SSSR count). The van der Waals surface area contributed by atoms with Crippen molar-refractivity contribution in [2.75, 3.05) is 25.0 Å². The van der Waals surface area contributed by atoms with Crippen LogP contribution in [0, 0.1) is 18.3 Å². The van der Waals surface area contributed by atoms with Gasteiger partial charge in [0.15, 0.2) is 5.96 Å². The lowest BCUT2D eigenvalue weighted by Gasteiger charge is -2.42. The van der Waals surface area contributed by atoms with E-state index in [0.717, 1.165) is 27.4 Å². The molecule has 3 aromatic heterocycles. The van der Waals surface area contributed by atoms with Gasteiger partial charge in [-0.2, -0.15) is 0 Å². The molecule has 2 saturated heterocycles. The van der Waals surface area contributed by atoms with Crippen LogP contribution in [0.4, 0.5) is 5.82 Å². The van der Waals surface area contributed by atoms with Crippen LogP contribution < -0.4 is 10.2 Å². The second-order valence-electron chi connectivity index (χ2n) is 7.75. The number of nitrogens with zero attached hydrogens (tertiary/aromatic N) is 5. The van der Waals surface area contributed by atoms with Gasteiger partial charge >= 0.3 is 0 Å². The number of carbonyl (C=O) groups is 1. The van der Waals surface area contributed by atoms with E-state index in [1.165, 1.54) is 11.2 Å². The Bertz CT molecular complexity index is 1130. The van der Waals surface area contributed by atoms with Gasteiger partial charge in [0, 0.05) is 49.2 Å². The largest absolute Gasteiger partial charge is 0.353 e. The highest BCUT2D eigenvalue weighted by molar-refractivity contribution is 7.10. The van der Waals surface area contributed by atoms with Crippen LogP contribution in [0.1, 0.15) is 10.4 Å². The molecular weight excluding hydrogens is 398 g/mol. The van der Waals surface area contributed by atoms with Gasteiger partial charge in [0.1, 0.15) is 17.7 Å². The molecule has 0 radical (unpaired) electrons. The zero-order chi connectivity index (χ0) is 20.9. The van der Waals surface area contributed by atoms with Crippen LogP contribution in [0.5, 0.6) is 0 Å². The minimum absolute atomic E-state index is 0.0483. The quantitative estimate of drug-likeness (QED) is 0.676. The Morgan fingerprint density at radius 1 is 1.30 bits per heavy atom. The summed E-state index contributed by atoms with van der Waals surface area (Å²) < 4.78 is 0. The highest BCUT2D eigenvalue weighted by atomic mass is 32.1. The smallest absolute Gasteiger partial charge is 0.236 e.